The van der Waals surface area contributed by atoms with Crippen LogP contribution in [-0.2, 0) is 11.3 Å². The van der Waals surface area contributed by atoms with Gasteiger partial charge in [0.25, 0.3) is 0 Å². The summed E-state index contributed by atoms with van der Waals surface area (Å²) in [6.45, 7) is 3.94. The SMILES string of the molecule is CN=C(NCc1cccnc1OC)N1CC(C)OC(c2ccc(F)cc2)C1.I. The molecule has 0 bridgehead atoms. The first-order valence-electron chi connectivity index (χ1n) is 8.95. The third-order valence-corrected chi connectivity index (χ3v) is 4.49. The van der Waals surface area contributed by atoms with E-state index in [-0.39, 0.29) is 42.0 Å². The van der Waals surface area contributed by atoms with E-state index in [0.29, 0.717) is 19.0 Å². The Morgan fingerprint density at radius 3 is 2.75 bits per heavy atom. The molecule has 1 aliphatic rings. The number of morpholine rings is 1. The van der Waals surface area contributed by atoms with Crippen LogP contribution >= 0.6 is 24.0 Å². The Balaban J connectivity index is 0.00000280. The minimum atomic E-state index is -0.248. The molecule has 0 aliphatic carbocycles. The molecule has 8 heteroatoms. The maximum atomic E-state index is 13.2. The third kappa shape index (κ3) is 5.54. The smallest absolute Gasteiger partial charge is 0.218 e. The second-order valence-corrected chi connectivity index (χ2v) is 6.46. The number of halogens is 2. The van der Waals surface area contributed by atoms with Gasteiger partial charge in [0.1, 0.15) is 11.9 Å². The summed E-state index contributed by atoms with van der Waals surface area (Å²) in [5.41, 5.74) is 1.91. The highest BCUT2D eigenvalue weighted by molar-refractivity contribution is 14.0. The third-order valence-electron chi connectivity index (χ3n) is 4.49. The summed E-state index contributed by atoms with van der Waals surface area (Å²) in [6.07, 6.45) is 1.59. The predicted molar refractivity (Wildman–Crippen MR) is 118 cm³/mol. The summed E-state index contributed by atoms with van der Waals surface area (Å²) in [7, 11) is 3.37. The molecule has 3 rings (SSSR count). The van der Waals surface area contributed by atoms with Gasteiger partial charge in [0.2, 0.25) is 5.88 Å². The van der Waals surface area contributed by atoms with E-state index in [4.69, 9.17) is 9.47 Å². The van der Waals surface area contributed by atoms with Crippen molar-refractivity contribution >= 4 is 29.9 Å². The van der Waals surface area contributed by atoms with Gasteiger partial charge in [-0.05, 0) is 30.7 Å². The van der Waals surface area contributed by atoms with Crippen molar-refractivity contribution in [3.63, 3.8) is 0 Å². The number of rotatable bonds is 4. The van der Waals surface area contributed by atoms with Gasteiger partial charge in [0.15, 0.2) is 5.96 Å². The van der Waals surface area contributed by atoms with E-state index in [0.717, 1.165) is 23.6 Å². The second-order valence-electron chi connectivity index (χ2n) is 6.46. The molecule has 152 valence electrons. The van der Waals surface area contributed by atoms with Crippen LogP contribution in [0, 0.1) is 5.82 Å². The quantitative estimate of drug-likeness (QED) is 0.397. The molecule has 1 N–H and O–H groups in total. The van der Waals surface area contributed by atoms with Crippen molar-refractivity contribution < 1.29 is 13.9 Å². The number of methoxy groups -OCH3 is 1. The fourth-order valence-corrected chi connectivity index (χ4v) is 3.23. The first kappa shape index (κ1) is 22.4. The molecular weight excluding hydrogens is 474 g/mol. The molecule has 2 atom stereocenters. The van der Waals surface area contributed by atoms with Crippen molar-refractivity contribution in [3.05, 3.63) is 59.5 Å². The zero-order valence-corrected chi connectivity index (χ0v) is 18.6. The Bertz CT molecular complexity index is 788. The van der Waals surface area contributed by atoms with Gasteiger partial charge in [0.05, 0.1) is 19.8 Å². The molecule has 1 aromatic heterocycles. The van der Waals surface area contributed by atoms with Crippen molar-refractivity contribution in [2.75, 3.05) is 27.2 Å². The van der Waals surface area contributed by atoms with Crippen molar-refractivity contribution in [1.29, 1.82) is 0 Å². The Morgan fingerprint density at radius 2 is 2.07 bits per heavy atom. The molecule has 0 spiro atoms. The number of pyridine rings is 1. The largest absolute Gasteiger partial charge is 0.481 e. The van der Waals surface area contributed by atoms with Crippen LogP contribution in [0.25, 0.3) is 0 Å². The summed E-state index contributed by atoms with van der Waals surface area (Å²) in [6, 6.07) is 10.3. The normalized spacial score (nSPS) is 19.7. The number of benzene rings is 1. The monoisotopic (exact) mass is 500 g/mol. The number of hydrogen-bond donors (Lipinski definition) is 1. The Morgan fingerprint density at radius 1 is 1.32 bits per heavy atom. The standard InChI is InChI=1S/C20H25FN4O2.HI/c1-14-12-25(13-18(27-14)15-6-8-17(21)9-7-15)20(22-2)24-11-16-5-4-10-23-19(16)26-3;/h4-10,14,18H,11-13H2,1-3H3,(H,22,24);1H. The molecule has 2 heterocycles. The highest BCUT2D eigenvalue weighted by Crippen LogP contribution is 2.25. The maximum Gasteiger partial charge on any atom is 0.218 e. The average molecular weight is 500 g/mol. The topological polar surface area (TPSA) is 59.0 Å². The molecule has 2 unspecified atom stereocenters. The summed E-state index contributed by atoms with van der Waals surface area (Å²) in [5, 5.41) is 3.37. The first-order chi connectivity index (χ1) is 13.1. The highest BCUT2D eigenvalue weighted by atomic mass is 127. The molecule has 2 aromatic rings. The van der Waals surface area contributed by atoms with Crippen molar-refractivity contribution in [1.82, 2.24) is 15.2 Å². The molecule has 0 amide bonds. The lowest BCUT2D eigenvalue weighted by Crippen LogP contribution is -2.50. The van der Waals surface area contributed by atoms with Gasteiger partial charge in [-0.1, -0.05) is 18.2 Å². The van der Waals surface area contributed by atoms with E-state index in [1.807, 2.05) is 19.1 Å². The zero-order valence-electron chi connectivity index (χ0n) is 16.3. The maximum absolute atomic E-state index is 13.2. The molecule has 1 saturated heterocycles. The number of ether oxygens (including phenoxy) is 2. The summed E-state index contributed by atoms with van der Waals surface area (Å²) in [4.78, 5) is 10.8. The van der Waals surface area contributed by atoms with Crippen LogP contribution < -0.4 is 10.1 Å². The van der Waals surface area contributed by atoms with Crippen LogP contribution in [0.15, 0.2) is 47.6 Å². The molecule has 0 radical (unpaired) electrons. The number of aliphatic imine (C=N–C) groups is 1. The molecule has 1 aliphatic heterocycles. The van der Waals surface area contributed by atoms with Gasteiger partial charge in [-0.2, -0.15) is 0 Å². The van der Waals surface area contributed by atoms with Gasteiger partial charge < -0.3 is 19.7 Å². The van der Waals surface area contributed by atoms with Crippen LogP contribution in [-0.4, -0.2) is 49.2 Å². The summed E-state index contributed by atoms with van der Waals surface area (Å²) >= 11 is 0. The van der Waals surface area contributed by atoms with Crippen molar-refractivity contribution in [3.8, 4) is 5.88 Å². The summed E-state index contributed by atoms with van der Waals surface area (Å²) in [5.74, 6) is 1.13. The van der Waals surface area contributed by atoms with Crippen molar-refractivity contribution in [2.24, 2.45) is 4.99 Å². The first-order valence-corrected chi connectivity index (χ1v) is 8.95. The Kier molecular flexibility index (Phi) is 8.43. The molecule has 1 aromatic carbocycles. The van der Waals surface area contributed by atoms with Gasteiger partial charge in [-0.3, -0.25) is 4.99 Å². The molecular formula is C20H26FIN4O2. The van der Waals surface area contributed by atoms with Crippen LogP contribution in [0.4, 0.5) is 4.39 Å². The molecule has 0 saturated carbocycles. The summed E-state index contributed by atoms with van der Waals surface area (Å²) < 4.78 is 24.6. The van der Waals surface area contributed by atoms with Gasteiger partial charge in [-0.15, -0.1) is 24.0 Å². The van der Waals surface area contributed by atoms with E-state index < -0.39 is 0 Å². The minimum absolute atomic E-state index is 0. The van der Waals surface area contributed by atoms with E-state index in [9.17, 15) is 4.39 Å². The highest BCUT2D eigenvalue weighted by Gasteiger charge is 2.28. The van der Waals surface area contributed by atoms with E-state index in [1.165, 1.54) is 12.1 Å². The number of guanidine groups is 1. The Hall–Kier alpha value is -1.94. The van der Waals surface area contributed by atoms with Crippen molar-refractivity contribution in [2.45, 2.75) is 25.7 Å². The lowest BCUT2D eigenvalue weighted by Gasteiger charge is -2.38. The van der Waals surface area contributed by atoms with Crippen LogP contribution in [0.3, 0.4) is 0 Å². The van der Waals surface area contributed by atoms with Gasteiger partial charge in [0, 0.05) is 31.9 Å². The van der Waals surface area contributed by atoms with Crippen LogP contribution in [0.2, 0.25) is 0 Å². The fraction of sp³-hybridized carbons (Fsp3) is 0.400. The van der Waals surface area contributed by atoms with E-state index in [2.05, 4.69) is 20.2 Å². The lowest BCUT2D eigenvalue weighted by molar-refractivity contribution is -0.0605. The predicted octanol–water partition coefficient (Wildman–Crippen LogP) is 3.38. The molecule has 28 heavy (non-hydrogen) atoms. The Labute approximate surface area is 182 Å². The van der Waals surface area contributed by atoms with E-state index in [1.54, 1.807) is 32.5 Å². The van der Waals surface area contributed by atoms with E-state index >= 15 is 0 Å². The molecule has 6 nitrogen and oxygen atoms in total. The number of nitrogens with zero attached hydrogens (tertiary/aromatic N) is 3. The minimum Gasteiger partial charge on any atom is -0.481 e. The number of nitrogens with one attached hydrogen (secondary N) is 1. The lowest BCUT2D eigenvalue weighted by atomic mass is 10.1. The number of hydrogen-bond acceptors (Lipinski definition) is 4. The van der Waals surface area contributed by atoms with Crippen LogP contribution in [0.5, 0.6) is 5.88 Å². The average Bonchev–Trinajstić information content (AvgIpc) is 2.69. The van der Waals surface area contributed by atoms with Gasteiger partial charge in [-0.25, -0.2) is 9.37 Å². The molecule has 1 fully saturated rings. The van der Waals surface area contributed by atoms with Gasteiger partial charge >= 0.3 is 0 Å². The fourth-order valence-electron chi connectivity index (χ4n) is 3.23. The van der Waals surface area contributed by atoms with Crippen LogP contribution in [0.1, 0.15) is 24.2 Å². The zero-order chi connectivity index (χ0) is 19.2. The second kappa shape index (κ2) is 10.6. The number of aromatic nitrogens is 1.